The largest absolute Gasteiger partial charge is 0.229 e. The quantitative estimate of drug-likeness (QED) is 0.689. The summed E-state index contributed by atoms with van der Waals surface area (Å²) >= 11 is 0. The summed E-state index contributed by atoms with van der Waals surface area (Å²) in [6.07, 6.45) is 18.6. The Balaban J connectivity index is 2.38. The average molecular weight is 288 g/mol. The molecule has 1 rings (SSSR count). The van der Waals surface area contributed by atoms with Gasteiger partial charge >= 0.3 is 0 Å². The maximum absolute atomic E-state index is 11.8. The standard InChI is InChI=1S/C16H32O2S/c1-19(17,18)16-14-12-10-8-6-4-2-3-5-7-9-11-13-15-16/h16H,2-15H2,1H3. The molecule has 0 spiro atoms. The molecule has 0 heterocycles. The normalized spacial score (nSPS) is 23.4. The number of hydrogen-bond donors (Lipinski definition) is 0. The third-order valence-corrected chi connectivity index (χ3v) is 6.09. The van der Waals surface area contributed by atoms with Gasteiger partial charge in [-0.15, -0.1) is 0 Å². The SMILES string of the molecule is CS(=O)(=O)C1CCCCCCCCCCCCCC1. The second-order valence-corrected chi connectivity index (χ2v) is 8.60. The number of sulfone groups is 1. The zero-order valence-corrected chi connectivity index (χ0v) is 13.5. The maximum Gasteiger partial charge on any atom is 0.150 e. The second kappa shape index (κ2) is 9.79. The lowest BCUT2D eigenvalue weighted by Crippen LogP contribution is -2.19. The van der Waals surface area contributed by atoms with E-state index < -0.39 is 9.84 Å². The van der Waals surface area contributed by atoms with Crippen molar-refractivity contribution in [2.24, 2.45) is 0 Å². The molecule has 114 valence electrons. The van der Waals surface area contributed by atoms with Crippen molar-refractivity contribution in [1.29, 1.82) is 0 Å². The smallest absolute Gasteiger partial charge is 0.150 e. The van der Waals surface area contributed by atoms with Crippen LogP contribution in [0.2, 0.25) is 0 Å². The molecule has 2 nitrogen and oxygen atoms in total. The van der Waals surface area contributed by atoms with Crippen molar-refractivity contribution in [2.75, 3.05) is 6.26 Å². The molecule has 1 aliphatic rings. The molecule has 0 aromatic carbocycles. The molecule has 1 saturated carbocycles. The Hall–Kier alpha value is -0.0500. The summed E-state index contributed by atoms with van der Waals surface area (Å²) in [4.78, 5) is 0. The molecule has 1 fully saturated rings. The maximum atomic E-state index is 11.8. The van der Waals surface area contributed by atoms with Crippen LogP contribution in [-0.2, 0) is 9.84 Å². The molecule has 0 bridgehead atoms. The number of rotatable bonds is 1. The first kappa shape index (κ1) is 17.0. The van der Waals surface area contributed by atoms with Gasteiger partial charge in [0.2, 0.25) is 0 Å². The van der Waals surface area contributed by atoms with Gasteiger partial charge in [0.15, 0.2) is 0 Å². The van der Waals surface area contributed by atoms with E-state index in [1.54, 1.807) is 0 Å². The van der Waals surface area contributed by atoms with E-state index in [1.165, 1.54) is 70.5 Å². The van der Waals surface area contributed by atoms with Gasteiger partial charge < -0.3 is 0 Å². The van der Waals surface area contributed by atoms with E-state index in [2.05, 4.69) is 0 Å². The summed E-state index contributed by atoms with van der Waals surface area (Å²) in [6, 6.07) is 0. The zero-order chi connectivity index (χ0) is 14.0. The van der Waals surface area contributed by atoms with Crippen LogP contribution in [0.15, 0.2) is 0 Å². The predicted octanol–water partition coefficient (Wildman–Crippen LogP) is 4.87. The van der Waals surface area contributed by atoms with Crippen LogP contribution in [0.3, 0.4) is 0 Å². The van der Waals surface area contributed by atoms with Crippen molar-refractivity contribution >= 4 is 9.84 Å². The molecule has 3 heteroatoms. The molecule has 0 aromatic heterocycles. The van der Waals surface area contributed by atoms with Crippen LogP contribution >= 0.6 is 0 Å². The van der Waals surface area contributed by atoms with Crippen LogP contribution in [-0.4, -0.2) is 19.9 Å². The molecule has 1 aliphatic carbocycles. The van der Waals surface area contributed by atoms with E-state index in [4.69, 9.17) is 0 Å². The Morgan fingerprint density at radius 3 is 1.11 bits per heavy atom. The van der Waals surface area contributed by atoms with Gasteiger partial charge in [0.05, 0.1) is 5.25 Å². The van der Waals surface area contributed by atoms with Crippen molar-refractivity contribution in [3.63, 3.8) is 0 Å². The molecule has 0 aromatic rings. The minimum atomic E-state index is -2.84. The lowest BCUT2D eigenvalue weighted by atomic mass is 10.0. The average Bonchev–Trinajstić information content (AvgIpc) is 2.35. The Morgan fingerprint density at radius 1 is 0.579 bits per heavy atom. The fraction of sp³-hybridized carbons (Fsp3) is 1.00. The van der Waals surface area contributed by atoms with Crippen LogP contribution in [0.4, 0.5) is 0 Å². The Bertz CT molecular complexity index is 293. The number of hydrogen-bond acceptors (Lipinski definition) is 2. The van der Waals surface area contributed by atoms with Crippen LogP contribution in [0, 0.1) is 0 Å². The van der Waals surface area contributed by atoms with E-state index in [0.717, 1.165) is 25.7 Å². The van der Waals surface area contributed by atoms with Gasteiger partial charge in [-0.05, 0) is 12.8 Å². The van der Waals surface area contributed by atoms with E-state index >= 15 is 0 Å². The summed E-state index contributed by atoms with van der Waals surface area (Å²) in [5.74, 6) is 0. The predicted molar refractivity (Wildman–Crippen MR) is 83.3 cm³/mol. The van der Waals surface area contributed by atoms with Crippen molar-refractivity contribution < 1.29 is 8.42 Å². The molecule has 0 N–H and O–H groups in total. The lowest BCUT2D eigenvalue weighted by Gasteiger charge is -2.14. The molecule has 0 radical (unpaired) electrons. The monoisotopic (exact) mass is 288 g/mol. The van der Waals surface area contributed by atoms with E-state index in [9.17, 15) is 8.42 Å². The van der Waals surface area contributed by atoms with E-state index in [1.807, 2.05) is 0 Å². The highest BCUT2D eigenvalue weighted by molar-refractivity contribution is 7.91. The molecule has 0 atom stereocenters. The van der Waals surface area contributed by atoms with Gasteiger partial charge in [0.25, 0.3) is 0 Å². The van der Waals surface area contributed by atoms with Crippen molar-refractivity contribution in [3.8, 4) is 0 Å². The fourth-order valence-corrected chi connectivity index (χ4v) is 4.27. The molecule has 0 aliphatic heterocycles. The third kappa shape index (κ3) is 8.67. The summed E-state index contributed by atoms with van der Waals surface area (Å²) < 4.78 is 23.6. The van der Waals surface area contributed by atoms with Gasteiger partial charge in [-0.2, -0.15) is 0 Å². The minimum Gasteiger partial charge on any atom is -0.229 e. The molecule has 0 amide bonds. The van der Waals surface area contributed by atoms with Gasteiger partial charge in [-0.25, -0.2) is 8.42 Å². The van der Waals surface area contributed by atoms with Gasteiger partial charge in [-0.3, -0.25) is 0 Å². The highest BCUT2D eigenvalue weighted by Gasteiger charge is 2.19. The van der Waals surface area contributed by atoms with Crippen LogP contribution in [0.1, 0.15) is 89.9 Å². The lowest BCUT2D eigenvalue weighted by molar-refractivity contribution is 0.522. The van der Waals surface area contributed by atoms with Crippen molar-refractivity contribution in [2.45, 2.75) is 95.1 Å². The minimum absolute atomic E-state index is 0.0716. The Labute approximate surface area is 120 Å². The summed E-state index contributed by atoms with van der Waals surface area (Å²) in [5, 5.41) is -0.0716. The summed E-state index contributed by atoms with van der Waals surface area (Å²) in [6.45, 7) is 0. The van der Waals surface area contributed by atoms with Gasteiger partial charge in [-0.1, -0.05) is 77.0 Å². The topological polar surface area (TPSA) is 34.1 Å². The molecule has 19 heavy (non-hydrogen) atoms. The molecule has 0 saturated heterocycles. The highest BCUT2D eigenvalue weighted by Crippen LogP contribution is 2.20. The van der Waals surface area contributed by atoms with Crippen LogP contribution in [0.25, 0.3) is 0 Å². The molecular weight excluding hydrogens is 256 g/mol. The molecule has 0 unspecified atom stereocenters. The highest BCUT2D eigenvalue weighted by atomic mass is 32.2. The second-order valence-electron chi connectivity index (χ2n) is 6.27. The Kier molecular flexibility index (Phi) is 8.76. The first-order chi connectivity index (χ1) is 9.11. The first-order valence-electron chi connectivity index (χ1n) is 8.29. The first-order valence-corrected chi connectivity index (χ1v) is 10.2. The van der Waals surface area contributed by atoms with E-state index in [0.29, 0.717) is 0 Å². The molecular formula is C16H32O2S. The third-order valence-electron chi connectivity index (χ3n) is 4.41. The van der Waals surface area contributed by atoms with Gasteiger partial charge in [0, 0.05) is 6.26 Å². The summed E-state index contributed by atoms with van der Waals surface area (Å²) in [5.41, 5.74) is 0. The van der Waals surface area contributed by atoms with Crippen molar-refractivity contribution in [3.05, 3.63) is 0 Å². The van der Waals surface area contributed by atoms with E-state index in [-0.39, 0.29) is 5.25 Å². The van der Waals surface area contributed by atoms with Crippen LogP contribution < -0.4 is 0 Å². The van der Waals surface area contributed by atoms with Gasteiger partial charge in [0.1, 0.15) is 9.84 Å². The fourth-order valence-electron chi connectivity index (χ4n) is 3.08. The Morgan fingerprint density at radius 2 is 0.842 bits per heavy atom. The van der Waals surface area contributed by atoms with Crippen molar-refractivity contribution in [1.82, 2.24) is 0 Å². The zero-order valence-electron chi connectivity index (χ0n) is 12.7. The summed E-state index contributed by atoms with van der Waals surface area (Å²) in [7, 11) is -2.84. The van der Waals surface area contributed by atoms with Crippen LogP contribution in [0.5, 0.6) is 0 Å².